The maximum atomic E-state index is 13.0. The minimum absolute atomic E-state index is 0.272. The van der Waals surface area contributed by atoms with Crippen molar-refractivity contribution in [1.29, 1.82) is 0 Å². The van der Waals surface area contributed by atoms with Crippen LogP contribution in [0.4, 0.5) is 10.1 Å². The highest BCUT2D eigenvalue weighted by molar-refractivity contribution is 6.04. The number of halogens is 1. The lowest BCUT2D eigenvalue weighted by molar-refractivity contribution is -0.111. The van der Waals surface area contributed by atoms with E-state index in [2.05, 4.69) is 11.4 Å². The van der Waals surface area contributed by atoms with Crippen LogP contribution in [-0.2, 0) is 17.6 Å². The number of ether oxygens (including phenoxy) is 1. The molecule has 1 amide bonds. The number of benzene rings is 2. The number of hydrogen-bond acceptors (Lipinski definition) is 3. The predicted octanol–water partition coefficient (Wildman–Crippen LogP) is 5.89. The molecule has 0 fully saturated rings. The van der Waals surface area contributed by atoms with Gasteiger partial charge in [-0.2, -0.15) is 0 Å². The first-order chi connectivity index (χ1) is 14.0. The Hall–Kier alpha value is -3.08. The minimum Gasteiger partial charge on any atom is -0.493 e. The van der Waals surface area contributed by atoms with E-state index < -0.39 is 0 Å². The van der Waals surface area contributed by atoms with Crippen molar-refractivity contribution in [2.45, 2.75) is 39.5 Å². The summed E-state index contributed by atoms with van der Waals surface area (Å²) in [6.45, 7) is 4.34. The molecule has 1 aromatic heterocycles. The van der Waals surface area contributed by atoms with Crippen LogP contribution in [0.15, 0.2) is 46.9 Å². The standard InChI is InChI=1S/C24H24FNO3/c1-3-28-22-14-23-20(18-6-4-5-7-21(18)29-23)13-19(22)15(2)12-24(27)26-17-10-8-16(25)9-11-17/h8-14H,3-7H2,1-2H3,(H,26,27)/b15-12+. The molecule has 4 rings (SSSR count). The third kappa shape index (κ3) is 4.04. The summed E-state index contributed by atoms with van der Waals surface area (Å²) in [6.07, 6.45) is 5.85. The number of aryl methyl sites for hydroxylation is 2. The summed E-state index contributed by atoms with van der Waals surface area (Å²) < 4.78 is 25.0. The van der Waals surface area contributed by atoms with Crippen molar-refractivity contribution in [3.8, 4) is 5.75 Å². The predicted molar refractivity (Wildman–Crippen MR) is 113 cm³/mol. The van der Waals surface area contributed by atoms with Crippen LogP contribution in [0.5, 0.6) is 5.75 Å². The largest absolute Gasteiger partial charge is 0.493 e. The normalized spacial score (nSPS) is 14.0. The second-order valence-corrected chi connectivity index (χ2v) is 7.31. The lowest BCUT2D eigenvalue weighted by Gasteiger charge is -2.12. The molecule has 0 atom stereocenters. The average Bonchev–Trinajstić information content (AvgIpc) is 3.06. The third-order valence-corrected chi connectivity index (χ3v) is 5.24. The van der Waals surface area contributed by atoms with Crippen molar-refractivity contribution in [1.82, 2.24) is 0 Å². The summed E-state index contributed by atoms with van der Waals surface area (Å²) in [4.78, 5) is 12.5. The molecule has 5 heteroatoms. The Morgan fingerprint density at radius 1 is 1.21 bits per heavy atom. The van der Waals surface area contributed by atoms with Crippen LogP contribution in [0, 0.1) is 5.82 Å². The number of rotatable bonds is 5. The number of furan rings is 1. The van der Waals surface area contributed by atoms with Gasteiger partial charge in [-0.05, 0) is 69.0 Å². The number of amides is 1. The van der Waals surface area contributed by atoms with Gasteiger partial charge in [0.25, 0.3) is 0 Å². The van der Waals surface area contributed by atoms with Crippen molar-refractivity contribution in [2.24, 2.45) is 0 Å². The van der Waals surface area contributed by atoms with E-state index in [9.17, 15) is 9.18 Å². The fourth-order valence-electron chi connectivity index (χ4n) is 3.86. The molecule has 150 valence electrons. The van der Waals surface area contributed by atoms with Crippen LogP contribution in [0.25, 0.3) is 16.5 Å². The zero-order chi connectivity index (χ0) is 20.4. The maximum absolute atomic E-state index is 13.0. The van der Waals surface area contributed by atoms with Crippen molar-refractivity contribution >= 4 is 28.1 Å². The molecular formula is C24H24FNO3. The van der Waals surface area contributed by atoms with Crippen LogP contribution >= 0.6 is 0 Å². The summed E-state index contributed by atoms with van der Waals surface area (Å²) in [5, 5.41) is 3.86. The first kappa shape index (κ1) is 19.2. The minimum atomic E-state index is -0.340. The summed E-state index contributed by atoms with van der Waals surface area (Å²) in [5.74, 6) is 1.16. The van der Waals surface area contributed by atoms with Gasteiger partial charge in [-0.3, -0.25) is 4.79 Å². The SMILES string of the molecule is CCOc1cc2oc3c(c2cc1/C(C)=C/C(=O)Nc1ccc(F)cc1)CCCC3. The fraction of sp³-hybridized carbons (Fsp3) is 0.292. The number of nitrogens with one attached hydrogen (secondary N) is 1. The van der Waals surface area contributed by atoms with E-state index in [1.165, 1.54) is 36.2 Å². The van der Waals surface area contributed by atoms with Gasteiger partial charge in [0, 0.05) is 40.8 Å². The Bertz CT molecular complexity index is 1080. The Morgan fingerprint density at radius 2 is 1.97 bits per heavy atom. The van der Waals surface area contributed by atoms with Gasteiger partial charge >= 0.3 is 0 Å². The highest BCUT2D eigenvalue weighted by Gasteiger charge is 2.20. The molecule has 1 heterocycles. The highest BCUT2D eigenvalue weighted by Crippen LogP contribution is 2.38. The Kier molecular flexibility index (Phi) is 5.38. The lowest BCUT2D eigenvalue weighted by atomic mass is 9.94. The topological polar surface area (TPSA) is 51.5 Å². The van der Waals surface area contributed by atoms with Crippen LogP contribution in [-0.4, -0.2) is 12.5 Å². The molecule has 0 bridgehead atoms. The molecule has 4 nitrogen and oxygen atoms in total. The smallest absolute Gasteiger partial charge is 0.248 e. The van der Waals surface area contributed by atoms with E-state index in [1.807, 2.05) is 19.9 Å². The van der Waals surface area contributed by atoms with E-state index in [0.717, 1.165) is 47.1 Å². The van der Waals surface area contributed by atoms with Gasteiger partial charge in [0.05, 0.1) is 6.61 Å². The van der Waals surface area contributed by atoms with E-state index >= 15 is 0 Å². The van der Waals surface area contributed by atoms with Gasteiger partial charge in [-0.1, -0.05) is 0 Å². The molecule has 2 aromatic carbocycles. The maximum Gasteiger partial charge on any atom is 0.248 e. The third-order valence-electron chi connectivity index (χ3n) is 5.24. The fourth-order valence-corrected chi connectivity index (χ4v) is 3.86. The van der Waals surface area contributed by atoms with Gasteiger partial charge < -0.3 is 14.5 Å². The van der Waals surface area contributed by atoms with E-state index in [0.29, 0.717) is 18.0 Å². The Labute approximate surface area is 169 Å². The van der Waals surface area contributed by atoms with Gasteiger partial charge in [0.15, 0.2) is 0 Å². The summed E-state index contributed by atoms with van der Waals surface area (Å²) in [5.41, 5.74) is 4.33. The molecular weight excluding hydrogens is 369 g/mol. The van der Waals surface area contributed by atoms with E-state index in [1.54, 1.807) is 6.08 Å². The zero-order valence-corrected chi connectivity index (χ0v) is 16.7. The molecule has 0 spiro atoms. The number of fused-ring (bicyclic) bond motifs is 3. The van der Waals surface area contributed by atoms with Gasteiger partial charge in [-0.25, -0.2) is 4.39 Å². The number of allylic oxidation sites excluding steroid dienone is 1. The Balaban J connectivity index is 1.68. The lowest BCUT2D eigenvalue weighted by Crippen LogP contribution is -2.08. The number of carbonyl (C=O) groups excluding carboxylic acids is 1. The van der Waals surface area contributed by atoms with Crippen LogP contribution in [0.1, 0.15) is 43.6 Å². The summed E-state index contributed by atoms with van der Waals surface area (Å²) >= 11 is 0. The molecule has 1 N–H and O–H groups in total. The molecule has 0 radical (unpaired) electrons. The van der Waals surface area contributed by atoms with Crippen LogP contribution in [0.3, 0.4) is 0 Å². The Morgan fingerprint density at radius 3 is 2.72 bits per heavy atom. The van der Waals surface area contributed by atoms with Crippen LogP contribution in [0.2, 0.25) is 0 Å². The van der Waals surface area contributed by atoms with Gasteiger partial charge in [0.1, 0.15) is 22.9 Å². The average molecular weight is 393 g/mol. The number of anilines is 1. The van der Waals surface area contributed by atoms with Crippen molar-refractivity contribution in [3.63, 3.8) is 0 Å². The summed E-state index contributed by atoms with van der Waals surface area (Å²) in [7, 11) is 0. The first-order valence-corrected chi connectivity index (χ1v) is 10.0. The summed E-state index contributed by atoms with van der Waals surface area (Å²) in [6, 6.07) is 9.70. The second kappa shape index (κ2) is 8.11. The molecule has 0 saturated carbocycles. The van der Waals surface area contributed by atoms with Gasteiger partial charge in [-0.15, -0.1) is 0 Å². The van der Waals surface area contributed by atoms with Crippen molar-refractivity contribution in [2.75, 3.05) is 11.9 Å². The molecule has 1 aliphatic rings. The number of hydrogen-bond donors (Lipinski definition) is 1. The zero-order valence-electron chi connectivity index (χ0n) is 16.7. The number of carbonyl (C=O) groups is 1. The van der Waals surface area contributed by atoms with Crippen LogP contribution < -0.4 is 10.1 Å². The monoisotopic (exact) mass is 393 g/mol. The first-order valence-electron chi connectivity index (χ1n) is 10.0. The molecule has 0 aliphatic heterocycles. The molecule has 1 aliphatic carbocycles. The quantitative estimate of drug-likeness (QED) is 0.550. The molecule has 3 aromatic rings. The molecule has 0 unspecified atom stereocenters. The molecule has 0 saturated heterocycles. The highest BCUT2D eigenvalue weighted by atomic mass is 19.1. The van der Waals surface area contributed by atoms with E-state index in [4.69, 9.17) is 9.15 Å². The van der Waals surface area contributed by atoms with Gasteiger partial charge in [0.2, 0.25) is 5.91 Å². The molecule has 29 heavy (non-hydrogen) atoms. The second-order valence-electron chi connectivity index (χ2n) is 7.31. The van der Waals surface area contributed by atoms with E-state index in [-0.39, 0.29) is 11.7 Å². The van der Waals surface area contributed by atoms with Crippen molar-refractivity contribution in [3.05, 3.63) is 65.2 Å². The van der Waals surface area contributed by atoms with Crippen molar-refractivity contribution < 1.29 is 18.3 Å².